The minimum absolute atomic E-state index is 0.0268. The molecule has 0 aromatic carbocycles. The number of carbonyl (C=O) groups is 1. The van der Waals surface area contributed by atoms with Crippen LogP contribution in [0.5, 0.6) is 0 Å². The molecule has 4 nitrogen and oxygen atoms in total. The Bertz CT molecular complexity index is 387. The Morgan fingerprint density at radius 1 is 1.53 bits per heavy atom. The smallest absolute Gasteiger partial charge is 0.267 e. The van der Waals surface area contributed by atoms with Gasteiger partial charge in [-0.3, -0.25) is 4.79 Å². The second-order valence-electron chi connectivity index (χ2n) is 4.85. The van der Waals surface area contributed by atoms with E-state index in [9.17, 15) is 9.90 Å². The Labute approximate surface area is 102 Å². The van der Waals surface area contributed by atoms with Crippen molar-refractivity contribution in [2.24, 2.45) is 18.9 Å². The molecule has 0 radical (unpaired) electrons. The van der Waals surface area contributed by atoms with E-state index in [-0.39, 0.29) is 12.5 Å². The summed E-state index contributed by atoms with van der Waals surface area (Å²) < 4.78 is 1.81. The van der Waals surface area contributed by atoms with Crippen LogP contribution in [0.15, 0.2) is 18.3 Å². The number of nitrogens with one attached hydrogen (secondary N) is 1. The van der Waals surface area contributed by atoms with Crippen LogP contribution in [0.4, 0.5) is 0 Å². The highest BCUT2D eigenvalue weighted by Crippen LogP contribution is 2.30. The van der Waals surface area contributed by atoms with Gasteiger partial charge in [0, 0.05) is 26.4 Å². The Balaban J connectivity index is 1.86. The number of amides is 1. The van der Waals surface area contributed by atoms with Gasteiger partial charge in [0.15, 0.2) is 0 Å². The molecule has 1 aromatic rings. The van der Waals surface area contributed by atoms with Crippen molar-refractivity contribution in [3.8, 4) is 0 Å². The molecule has 0 aliphatic heterocycles. The topological polar surface area (TPSA) is 54.3 Å². The summed E-state index contributed by atoms with van der Waals surface area (Å²) in [6.07, 6.45) is 5.22. The predicted molar refractivity (Wildman–Crippen MR) is 65.7 cm³/mol. The number of aryl methyl sites for hydroxylation is 1. The van der Waals surface area contributed by atoms with Crippen LogP contribution in [0.1, 0.15) is 29.8 Å². The molecule has 4 heteroatoms. The van der Waals surface area contributed by atoms with Crippen molar-refractivity contribution in [2.75, 3.05) is 13.2 Å². The van der Waals surface area contributed by atoms with Crippen molar-refractivity contribution >= 4 is 5.91 Å². The Kier molecular flexibility index (Phi) is 3.84. The maximum atomic E-state index is 11.9. The second-order valence-corrected chi connectivity index (χ2v) is 4.85. The summed E-state index contributed by atoms with van der Waals surface area (Å²) in [5, 5.41) is 12.2. The summed E-state index contributed by atoms with van der Waals surface area (Å²) in [6.45, 7) is 0.917. The summed E-state index contributed by atoms with van der Waals surface area (Å²) in [6, 6.07) is 3.68. The van der Waals surface area contributed by atoms with E-state index in [0.29, 0.717) is 24.1 Å². The molecule has 1 aliphatic carbocycles. The third-order valence-corrected chi connectivity index (χ3v) is 3.75. The average molecular weight is 236 g/mol. The quantitative estimate of drug-likeness (QED) is 0.824. The van der Waals surface area contributed by atoms with Gasteiger partial charge in [0.2, 0.25) is 0 Å². The molecule has 2 rings (SSSR count). The van der Waals surface area contributed by atoms with Crippen LogP contribution in [0, 0.1) is 11.8 Å². The van der Waals surface area contributed by atoms with Crippen LogP contribution >= 0.6 is 0 Å². The summed E-state index contributed by atoms with van der Waals surface area (Å²) in [4.78, 5) is 11.9. The van der Waals surface area contributed by atoms with Crippen LogP contribution in [0.3, 0.4) is 0 Å². The van der Waals surface area contributed by atoms with Gasteiger partial charge in [-0.2, -0.15) is 0 Å². The minimum atomic E-state index is -0.0268. The average Bonchev–Trinajstić information content (AvgIpc) is 2.94. The standard InChI is InChI=1S/C13H20N2O2/c1-15-7-3-6-12(15)13(17)14-8-10-4-2-5-11(10)9-16/h3,6-7,10-11,16H,2,4-5,8-9H2,1H3,(H,14,17). The molecule has 1 aliphatic rings. The summed E-state index contributed by atoms with van der Waals surface area (Å²) in [5.41, 5.74) is 0.684. The molecule has 0 spiro atoms. The molecule has 1 saturated carbocycles. The Hall–Kier alpha value is -1.29. The second kappa shape index (κ2) is 5.36. The van der Waals surface area contributed by atoms with Crippen LogP contribution < -0.4 is 5.32 Å². The molecule has 2 atom stereocenters. The van der Waals surface area contributed by atoms with Gasteiger partial charge in [-0.05, 0) is 36.8 Å². The molecular weight excluding hydrogens is 216 g/mol. The summed E-state index contributed by atoms with van der Waals surface area (Å²) in [7, 11) is 1.86. The molecule has 2 N–H and O–H groups in total. The molecular formula is C13H20N2O2. The van der Waals surface area contributed by atoms with Gasteiger partial charge < -0.3 is 15.0 Å². The molecule has 1 heterocycles. The fourth-order valence-electron chi connectivity index (χ4n) is 2.63. The van der Waals surface area contributed by atoms with Crippen LogP contribution in [0.2, 0.25) is 0 Å². The van der Waals surface area contributed by atoms with E-state index in [4.69, 9.17) is 0 Å². The van der Waals surface area contributed by atoms with E-state index >= 15 is 0 Å². The van der Waals surface area contributed by atoms with Crippen molar-refractivity contribution in [1.82, 2.24) is 9.88 Å². The van der Waals surface area contributed by atoms with E-state index in [1.54, 1.807) is 0 Å². The van der Waals surface area contributed by atoms with Crippen LogP contribution in [-0.2, 0) is 7.05 Å². The zero-order chi connectivity index (χ0) is 12.3. The first-order chi connectivity index (χ1) is 8.22. The van der Waals surface area contributed by atoms with Gasteiger partial charge >= 0.3 is 0 Å². The zero-order valence-electron chi connectivity index (χ0n) is 10.2. The van der Waals surface area contributed by atoms with Crippen molar-refractivity contribution in [3.63, 3.8) is 0 Å². The predicted octanol–water partition coefficient (Wildman–Crippen LogP) is 1.16. The van der Waals surface area contributed by atoms with Crippen molar-refractivity contribution in [2.45, 2.75) is 19.3 Å². The SMILES string of the molecule is Cn1cccc1C(=O)NCC1CCCC1CO. The number of aromatic nitrogens is 1. The zero-order valence-corrected chi connectivity index (χ0v) is 10.2. The van der Waals surface area contributed by atoms with E-state index < -0.39 is 0 Å². The fraction of sp³-hybridized carbons (Fsp3) is 0.615. The van der Waals surface area contributed by atoms with Gasteiger partial charge in [0.1, 0.15) is 5.69 Å². The molecule has 0 bridgehead atoms. The lowest BCUT2D eigenvalue weighted by atomic mass is 9.97. The molecule has 17 heavy (non-hydrogen) atoms. The van der Waals surface area contributed by atoms with Gasteiger partial charge in [0.25, 0.3) is 5.91 Å². The molecule has 0 saturated heterocycles. The van der Waals surface area contributed by atoms with E-state index in [1.807, 2.05) is 29.9 Å². The number of rotatable bonds is 4. The largest absolute Gasteiger partial charge is 0.396 e. The first kappa shape index (κ1) is 12.2. The van der Waals surface area contributed by atoms with Gasteiger partial charge in [-0.1, -0.05) is 6.42 Å². The Morgan fingerprint density at radius 3 is 2.94 bits per heavy atom. The number of aliphatic hydroxyl groups excluding tert-OH is 1. The summed E-state index contributed by atoms with van der Waals surface area (Å²) >= 11 is 0. The molecule has 1 amide bonds. The molecule has 1 aromatic heterocycles. The maximum absolute atomic E-state index is 11.9. The lowest BCUT2D eigenvalue weighted by molar-refractivity contribution is 0.0929. The third kappa shape index (κ3) is 2.69. The van der Waals surface area contributed by atoms with E-state index in [2.05, 4.69) is 5.32 Å². The highest BCUT2D eigenvalue weighted by molar-refractivity contribution is 5.92. The molecule has 1 fully saturated rings. The van der Waals surface area contributed by atoms with Crippen molar-refractivity contribution in [1.29, 1.82) is 0 Å². The van der Waals surface area contributed by atoms with Gasteiger partial charge in [0.05, 0.1) is 0 Å². The van der Waals surface area contributed by atoms with Crippen molar-refractivity contribution in [3.05, 3.63) is 24.0 Å². The lowest BCUT2D eigenvalue weighted by Gasteiger charge is -2.17. The van der Waals surface area contributed by atoms with Gasteiger partial charge in [-0.15, -0.1) is 0 Å². The fourth-order valence-corrected chi connectivity index (χ4v) is 2.63. The van der Waals surface area contributed by atoms with Crippen LogP contribution in [-0.4, -0.2) is 28.7 Å². The van der Waals surface area contributed by atoms with E-state index in [0.717, 1.165) is 19.3 Å². The normalized spacial score (nSPS) is 23.9. The summed E-state index contributed by atoms with van der Waals surface area (Å²) in [5.74, 6) is 0.772. The van der Waals surface area contributed by atoms with Gasteiger partial charge in [-0.25, -0.2) is 0 Å². The number of aliphatic hydroxyl groups is 1. The first-order valence-corrected chi connectivity index (χ1v) is 6.22. The number of hydrogen-bond donors (Lipinski definition) is 2. The monoisotopic (exact) mass is 236 g/mol. The third-order valence-electron chi connectivity index (χ3n) is 3.75. The minimum Gasteiger partial charge on any atom is -0.396 e. The maximum Gasteiger partial charge on any atom is 0.267 e. The number of carbonyl (C=O) groups excluding carboxylic acids is 1. The lowest BCUT2D eigenvalue weighted by Crippen LogP contribution is -2.32. The highest BCUT2D eigenvalue weighted by Gasteiger charge is 2.26. The Morgan fingerprint density at radius 2 is 2.29 bits per heavy atom. The first-order valence-electron chi connectivity index (χ1n) is 6.22. The molecule has 2 unspecified atom stereocenters. The highest BCUT2D eigenvalue weighted by atomic mass is 16.3. The van der Waals surface area contributed by atoms with Crippen LogP contribution in [0.25, 0.3) is 0 Å². The number of nitrogens with zero attached hydrogens (tertiary/aromatic N) is 1. The number of hydrogen-bond acceptors (Lipinski definition) is 2. The van der Waals surface area contributed by atoms with Crippen molar-refractivity contribution < 1.29 is 9.90 Å². The van der Waals surface area contributed by atoms with E-state index in [1.165, 1.54) is 0 Å². The molecule has 94 valence electrons.